The molecule has 4 N–H and O–H groups in total. The third kappa shape index (κ3) is 7.22. The van der Waals surface area contributed by atoms with Gasteiger partial charge in [-0.3, -0.25) is 9.59 Å². The summed E-state index contributed by atoms with van der Waals surface area (Å²) in [5.41, 5.74) is 5.86. The van der Waals surface area contributed by atoms with Crippen molar-refractivity contribution in [2.75, 3.05) is 5.32 Å². The van der Waals surface area contributed by atoms with Gasteiger partial charge in [-0.1, -0.05) is 23.8 Å². The number of pyridine rings is 1. The number of halogens is 6. The number of alkyl halides is 5. The first-order chi connectivity index (χ1) is 20.8. The normalized spacial score (nSPS) is 12.2. The van der Waals surface area contributed by atoms with E-state index in [-0.39, 0.29) is 38.5 Å². The number of anilines is 1. The summed E-state index contributed by atoms with van der Waals surface area (Å²) in [7, 11) is 0. The van der Waals surface area contributed by atoms with Gasteiger partial charge in [-0.2, -0.15) is 31.8 Å². The van der Waals surface area contributed by atoms with Gasteiger partial charge in [-0.25, -0.2) is 9.67 Å². The summed E-state index contributed by atoms with van der Waals surface area (Å²) in [6.45, 7) is 6.35. The molecule has 0 saturated carbocycles. The first kappa shape index (κ1) is 33.3. The minimum Gasteiger partial charge on any atom is -0.389 e. The number of hydrogen-bond donors (Lipinski definition) is 3. The molecule has 2 amide bonds. The average molecular weight is 671 g/mol. The number of rotatable bonds is 8. The van der Waals surface area contributed by atoms with Crippen molar-refractivity contribution in [3.05, 3.63) is 75.5 Å². The second-order valence-corrected chi connectivity index (χ2v) is 11.5. The summed E-state index contributed by atoms with van der Waals surface area (Å²) >= 11 is 11.4. The second kappa shape index (κ2) is 12.1. The molecule has 19 heteroatoms. The van der Waals surface area contributed by atoms with Gasteiger partial charge in [0.15, 0.2) is 5.82 Å². The maximum absolute atomic E-state index is 13.8. The molecule has 0 fully saturated rings. The Morgan fingerprint density at radius 1 is 1.07 bits per heavy atom. The number of thiocarbonyl (C=S) groups is 1. The molecule has 1 aromatic carbocycles. The highest BCUT2D eigenvalue weighted by Gasteiger charge is 2.62. The number of nitrogens with two attached hydrogens (primary N) is 1. The number of aromatic nitrogens is 7. The highest BCUT2D eigenvalue weighted by molar-refractivity contribution is 7.80. The predicted octanol–water partition coefficient (Wildman–Crippen LogP) is 4.33. The molecule has 0 radical (unpaired) electrons. The van der Waals surface area contributed by atoms with Gasteiger partial charge in [0.05, 0.1) is 22.0 Å². The molecule has 12 nitrogen and oxygen atoms in total. The van der Waals surface area contributed by atoms with Gasteiger partial charge in [-0.15, -0.1) is 10.2 Å². The van der Waals surface area contributed by atoms with Gasteiger partial charge >= 0.3 is 12.1 Å². The summed E-state index contributed by atoms with van der Waals surface area (Å²) in [5.74, 6) is -8.59. The molecule has 45 heavy (non-hydrogen) atoms. The van der Waals surface area contributed by atoms with E-state index in [0.29, 0.717) is 15.9 Å². The standard InChI is InChI=1S/C26H24ClF5N10O2S/c1-12-8-13(19(33)45)9-15(21(43)36-24(2,3)4)18(12)35-22(44)17-10-14(38-42(17)20-16(27)6-5-7-34-20)11-41-39-23(37-40-41)25(28,29)26(30,31)32/h5-10H,11H2,1-4H3,(H2,33,45)(H,35,44)(H,36,43). The van der Waals surface area contributed by atoms with Gasteiger partial charge in [0.1, 0.15) is 17.2 Å². The molecule has 4 rings (SSSR count). The Morgan fingerprint density at radius 2 is 1.76 bits per heavy atom. The van der Waals surface area contributed by atoms with E-state index in [1.807, 2.05) is 0 Å². The lowest BCUT2D eigenvalue weighted by Gasteiger charge is -2.23. The smallest absolute Gasteiger partial charge is 0.389 e. The number of nitrogens with zero attached hydrogens (tertiary/aromatic N) is 7. The van der Waals surface area contributed by atoms with E-state index in [9.17, 15) is 31.5 Å². The Labute approximate surface area is 262 Å². The van der Waals surface area contributed by atoms with Crippen molar-refractivity contribution in [1.82, 2.24) is 40.3 Å². The van der Waals surface area contributed by atoms with E-state index >= 15 is 0 Å². The molecule has 0 unspecified atom stereocenters. The summed E-state index contributed by atoms with van der Waals surface area (Å²) in [4.78, 5) is 31.6. The quantitative estimate of drug-likeness (QED) is 0.183. The molecule has 3 aromatic heterocycles. The minimum absolute atomic E-state index is 0.0161. The van der Waals surface area contributed by atoms with Crippen LogP contribution in [0.5, 0.6) is 0 Å². The van der Waals surface area contributed by atoms with Crippen LogP contribution < -0.4 is 16.4 Å². The van der Waals surface area contributed by atoms with Crippen LogP contribution in [0.4, 0.5) is 27.6 Å². The highest BCUT2D eigenvalue weighted by atomic mass is 35.5. The number of carbonyl (C=O) groups excluding carboxylic acids is 2. The van der Waals surface area contributed by atoms with Crippen molar-refractivity contribution >= 4 is 46.3 Å². The number of aryl methyl sites for hydroxylation is 1. The Kier molecular flexibility index (Phi) is 8.94. The van der Waals surface area contributed by atoms with E-state index < -0.39 is 41.8 Å². The zero-order chi connectivity index (χ0) is 33.5. The van der Waals surface area contributed by atoms with Crippen LogP contribution in [0.1, 0.15) is 64.3 Å². The average Bonchev–Trinajstić information content (AvgIpc) is 3.56. The summed E-state index contributed by atoms with van der Waals surface area (Å²) in [5, 5.41) is 19.1. The molecule has 0 aliphatic rings. The van der Waals surface area contributed by atoms with E-state index in [2.05, 4.69) is 36.1 Å². The molecule has 4 aromatic rings. The fourth-order valence-electron chi connectivity index (χ4n) is 3.93. The number of carbonyl (C=O) groups is 2. The third-order valence-electron chi connectivity index (χ3n) is 5.92. The van der Waals surface area contributed by atoms with E-state index in [1.165, 1.54) is 30.5 Å². The third-order valence-corrected chi connectivity index (χ3v) is 6.45. The molecule has 0 bridgehead atoms. The monoisotopic (exact) mass is 670 g/mol. The number of amides is 2. The van der Waals surface area contributed by atoms with Gasteiger partial charge in [0, 0.05) is 17.3 Å². The lowest BCUT2D eigenvalue weighted by atomic mass is 10.0. The van der Waals surface area contributed by atoms with Crippen molar-refractivity contribution in [2.45, 2.75) is 51.9 Å². The zero-order valence-electron chi connectivity index (χ0n) is 23.9. The lowest BCUT2D eigenvalue weighted by Crippen LogP contribution is -2.41. The van der Waals surface area contributed by atoms with Crippen LogP contribution in [0, 0.1) is 6.92 Å². The molecule has 0 atom stereocenters. The van der Waals surface area contributed by atoms with E-state index in [1.54, 1.807) is 33.8 Å². The Morgan fingerprint density at radius 3 is 2.36 bits per heavy atom. The first-order valence-electron chi connectivity index (χ1n) is 12.8. The number of tetrazole rings is 1. The zero-order valence-corrected chi connectivity index (χ0v) is 25.4. The van der Waals surface area contributed by atoms with Crippen molar-refractivity contribution in [2.24, 2.45) is 5.73 Å². The maximum Gasteiger partial charge on any atom is 0.461 e. The van der Waals surface area contributed by atoms with E-state index in [4.69, 9.17) is 29.6 Å². The van der Waals surface area contributed by atoms with Gasteiger partial charge < -0.3 is 16.4 Å². The number of benzene rings is 1. The molecule has 0 aliphatic heterocycles. The van der Waals surface area contributed by atoms with Gasteiger partial charge in [0.25, 0.3) is 17.6 Å². The number of nitrogens with one attached hydrogen (secondary N) is 2. The van der Waals surface area contributed by atoms with Crippen molar-refractivity contribution in [1.29, 1.82) is 0 Å². The van der Waals surface area contributed by atoms with Crippen LogP contribution in [-0.4, -0.2) is 63.5 Å². The predicted molar refractivity (Wildman–Crippen MR) is 155 cm³/mol. The number of hydrogen-bond acceptors (Lipinski definition) is 8. The van der Waals surface area contributed by atoms with Crippen molar-refractivity contribution in [3.8, 4) is 5.82 Å². The molecule has 3 heterocycles. The Hall–Kier alpha value is -4.58. The maximum atomic E-state index is 13.8. The van der Waals surface area contributed by atoms with Crippen molar-refractivity contribution in [3.63, 3.8) is 0 Å². The fourth-order valence-corrected chi connectivity index (χ4v) is 4.25. The Balaban J connectivity index is 1.76. The first-order valence-corrected chi connectivity index (χ1v) is 13.6. The minimum atomic E-state index is -5.95. The van der Waals surface area contributed by atoms with Crippen LogP contribution >= 0.6 is 23.8 Å². The van der Waals surface area contributed by atoms with Crippen LogP contribution in [0.15, 0.2) is 36.5 Å². The fraction of sp³-hybridized carbons (Fsp3) is 0.308. The topological polar surface area (TPSA) is 159 Å². The Bertz CT molecular complexity index is 1800. The molecule has 0 spiro atoms. The van der Waals surface area contributed by atoms with Crippen molar-refractivity contribution < 1.29 is 31.5 Å². The van der Waals surface area contributed by atoms with Crippen LogP contribution in [-0.2, 0) is 12.5 Å². The van der Waals surface area contributed by atoms with Gasteiger partial charge in [0.2, 0.25) is 0 Å². The molecular formula is C26H24ClF5N10O2S. The molecular weight excluding hydrogens is 647 g/mol. The lowest BCUT2D eigenvalue weighted by molar-refractivity contribution is -0.292. The summed E-state index contributed by atoms with van der Waals surface area (Å²) < 4.78 is 66.7. The van der Waals surface area contributed by atoms with Crippen LogP contribution in [0.25, 0.3) is 5.82 Å². The molecule has 0 saturated heterocycles. The molecule has 238 valence electrons. The highest BCUT2D eigenvalue weighted by Crippen LogP contribution is 2.41. The SMILES string of the molecule is Cc1cc(C(N)=S)cc(C(=O)NC(C)(C)C)c1NC(=O)c1cc(Cn2nnc(C(F)(F)C(F)(F)F)n2)nn1-c1ncccc1Cl. The van der Waals surface area contributed by atoms with E-state index in [0.717, 1.165) is 4.68 Å². The largest absolute Gasteiger partial charge is 0.461 e. The van der Waals surface area contributed by atoms with Gasteiger partial charge in [-0.05, 0) is 68.8 Å². The second-order valence-electron chi connectivity index (χ2n) is 10.7. The molecule has 0 aliphatic carbocycles. The van der Waals surface area contributed by atoms with Crippen LogP contribution in [0.2, 0.25) is 5.02 Å². The summed E-state index contributed by atoms with van der Waals surface area (Å²) in [6.07, 6.45) is -4.58. The summed E-state index contributed by atoms with van der Waals surface area (Å²) in [6, 6.07) is 7.18. The van der Waals surface area contributed by atoms with Crippen LogP contribution in [0.3, 0.4) is 0 Å².